The van der Waals surface area contributed by atoms with Gasteiger partial charge < -0.3 is 10.2 Å². The molecule has 0 aliphatic carbocycles. The van der Waals surface area contributed by atoms with Gasteiger partial charge in [0.1, 0.15) is 0 Å². The lowest BCUT2D eigenvalue weighted by molar-refractivity contribution is -0.253. The fraction of sp³-hybridized carbons (Fsp3) is 0.529. The summed E-state index contributed by atoms with van der Waals surface area (Å²) in [5, 5.41) is 3.21. The second kappa shape index (κ2) is 7.68. The quantitative estimate of drug-likeness (QED) is 0.779. The average molecular weight is 366 g/mol. The first-order valence-electron chi connectivity index (χ1n) is 8.00. The molecule has 1 aliphatic heterocycles. The van der Waals surface area contributed by atoms with E-state index in [1.165, 1.54) is 6.07 Å². The Balaban J connectivity index is 2.47. The molecule has 1 saturated heterocycles. The summed E-state index contributed by atoms with van der Waals surface area (Å²) >= 11 is 0. The lowest BCUT2D eigenvalue weighted by atomic mass is 9.94. The minimum atomic E-state index is -5.39. The number of alkyl halides is 6. The van der Waals surface area contributed by atoms with Crippen molar-refractivity contribution in [1.82, 2.24) is 5.32 Å². The van der Waals surface area contributed by atoms with E-state index in [2.05, 4.69) is 5.32 Å². The lowest BCUT2D eigenvalue weighted by Gasteiger charge is -2.27. The molecule has 0 spiro atoms. The molecule has 0 radical (unpaired) electrons. The average Bonchev–Trinajstić information content (AvgIpc) is 2.74. The molecule has 140 valence electrons. The van der Waals surface area contributed by atoms with E-state index >= 15 is 0 Å². The van der Waals surface area contributed by atoms with Crippen LogP contribution in [-0.4, -0.2) is 38.5 Å². The molecular weight excluding hydrogens is 346 g/mol. The van der Waals surface area contributed by atoms with Crippen molar-refractivity contribution in [2.75, 3.05) is 31.1 Å². The van der Waals surface area contributed by atoms with Crippen LogP contribution in [0.3, 0.4) is 0 Å². The Bertz CT molecular complexity index is 584. The Morgan fingerprint density at radius 2 is 1.72 bits per heavy atom. The Morgan fingerprint density at radius 3 is 2.32 bits per heavy atom. The molecule has 1 heterocycles. The maximum atomic E-state index is 13.0. The monoisotopic (exact) mass is 366 g/mol. The number of halogens is 6. The van der Waals surface area contributed by atoms with Crippen molar-refractivity contribution in [2.24, 2.45) is 0 Å². The van der Waals surface area contributed by atoms with E-state index in [0.29, 0.717) is 30.9 Å². The SMILES string of the molecule is CC=Cc1cc(C(C(F)(F)F)C(F)(F)F)ccc1N1CCCNCC1. The second-order valence-electron chi connectivity index (χ2n) is 5.93. The Morgan fingerprint density at radius 1 is 1.04 bits per heavy atom. The zero-order valence-electron chi connectivity index (χ0n) is 13.7. The first-order valence-corrected chi connectivity index (χ1v) is 8.00. The molecule has 2 nitrogen and oxygen atoms in total. The zero-order chi connectivity index (χ0) is 18.7. The molecule has 1 aromatic rings. The van der Waals surface area contributed by atoms with Gasteiger partial charge >= 0.3 is 12.4 Å². The van der Waals surface area contributed by atoms with E-state index in [0.717, 1.165) is 25.1 Å². The number of nitrogens with one attached hydrogen (secondary N) is 1. The summed E-state index contributed by atoms with van der Waals surface area (Å²) in [5.41, 5.74) is 0.221. The lowest BCUT2D eigenvalue weighted by Crippen LogP contribution is -2.34. The van der Waals surface area contributed by atoms with Gasteiger partial charge in [-0.15, -0.1) is 0 Å². The van der Waals surface area contributed by atoms with Crippen LogP contribution in [0.1, 0.15) is 30.4 Å². The highest BCUT2D eigenvalue weighted by Crippen LogP contribution is 2.47. The fourth-order valence-electron chi connectivity index (χ4n) is 3.00. The normalized spacial score (nSPS) is 17.4. The van der Waals surface area contributed by atoms with Gasteiger partial charge in [0.05, 0.1) is 0 Å². The third kappa shape index (κ3) is 4.90. The maximum Gasteiger partial charge on any atom is 0.404 e. The van der Waals surface area contributed by atoms with Crippen LogP contribution in [0.4, 0.5) is 32.0 Å². The van der Waals surface area contributed by atoms with E-state index < -0.39 is 23.8 Å². The molecule has 0 unspecified atom stereocenters. The number of rotatable bonds is 3. The molecular formula is C17H20F6N2. The third-order valence-electron chi connectivity index (χ3n) is 4.07. The van der Waals surface area contributed by atoms with Gasteiger partial charge in [-0.25, -0.2) is 0 Å². The summed E-state index contributed by atoms with van der Waals surface area (Å²) in [6.45, 7) is 4.55. The van der Waals surface area contributed by atoms with Crippen molar-refractivity contribution in [2.45, 2.75) is 31.6 Å². The van der Waals surface area contributed by atoms with E-state index in [9.17, 15) is 26.3 Å². The summed E-state index contributed by atoms with van der Waals surface area (Å²) in [7, 11) is 0. The van der Waals surface area contributed by atoms with E-state index in [1.54, 1.807) is 19.1 Å². The van der Waals surface area contributed by atoms with E-state index in [4.69, 9.17) is 0 Å². The van der Waals surface area contributed by atoms with Crippen molar-refractivity contribution in [1.29, 1.82) is 0 Å². The van der Waals surface area contributed by atoms with Crippen LogP contribution in [0.15, 0.2) is 24.3 Å². The minimum Gasteiger partial charge on any atom is -0.370 e. The van der Waals surface area contributed by atoms with E-state index in [1.807, 2.05) is 4.90 Å². The molecule has 0 bridgehead atoms. The van der Waals surface area contributed by atoms with Crippen LogP contribution < -0.4 is 10.2 Å². The van der Waals surface area contributed by atoms with E-state index in [-0.39, 0.29) is 0 Å². The molecule has 2 rings (SSSR count). The van der Waals surface area contributed by atoms with Gasteiger partial charge in [-0.05, 0) is 43.1 Å². The van der Waals surface area contributed by atoms with Crippen LogP contribution in [0.2, 0.25) is 0 Å². The minimum absolute atomic E-state index is 0.361. The molecule has 25 heavy (non-hydrogen) atoms. The summed E-state index contributed by atoms with van der Waals surface area (Å²) in [5.74, 6) is -3.48. The van der Waals surface area contributed by atoms with Gasteiger partial charge in [-0.2, -0.15) is 26.3 Å². The second-order valence-corrected chi connectivity index (χ2v) is 5.93. The molecule has 0 saturated carbocycles. The van der Waals surface area contributed by atoms with Gasteiger partial charge in [0.15, 0.2) is 5.92 Å². The van der Waals surface area contributed by atoms with Gasteiger partial charge in [0, 0.05) is 25.3 Å². The topological polar surface area (TPSA) is 15.3 Å². The predicted octanol–water partition coefficient (Wildman–Crippen LogP) is 4.73. The first kappa shape index (κ1) is 19.6. The molecule has 1 fully saturated rings. The molecule has 8 heteroatoms. The highest BCUT2D eigenvalue weighted by atomic mass is 19.4. The van der Waals surface area contributed by atoms with Crippen molar-refractivity contribution in [3.63, 3.8) is 0 Å². The van der Waals surface area contributed by atoms with Crippen molar-refractivity contribution in [3.8, 4) is 0 Å². The number of hydrogen-bond acceptors (Lipinski definition) is 2. The number of allylic oxidation sites excluding steroid dienone is 1. The number of benzene rings is 1. The van der Waals surface area contributed by atoms with Crippen LogP contribution in [-0.2, 0) is 0 Å². The largest absolute Gasteiger partial charge is 0.404 e. The maximum absolute atomic E-state index is 13.0. The number of anilines is 1. The molecule has 1 aliphatic rings. The Kier molecular flexibility index (Phi) is 6.03. The predicted molar refractivity (Wildman–Crippen MR) is 85.7 cm³/mol. The summed E-state index contributed by atoms with van der Waals surface area (Å²) < 4.78 is 77.8. The summed E-state index contributed by atoms with van der Waals surface area (Å²) in [6, 6.07) is 3.30. The van der Waals surface area contributed by atoms with Crippen molar-refractivity contribution >= 4 is 11.8 Å². The molecule has 1 N–H and O–H groups in total. The molecule has 1 aromatic carbocycles. The van der Waals surface area contributed by atoms with Crippen LogP contribution >= 0.6 is 0 Å². The molecule has 0 amide bonds. The fourth-order valence-corrected chi connectivity index (χ4v) is 3.00. The number of hydrogen-bond donors (Lipinski definition) is 1. The molecule has 0 aromatic heterocycles. The van der Waals surface area contributed by atoms with Crippen LogP contribution in [0, 0.1) is 0 Å². The van der Waals surface area contributed by atoms with Crippen molar-refractivity contribution < 1.29 is 26.3 Å². The Hall–Kier alpha value is -1.70. The highest BCUT2D eigenvalue weighted by Gasteiger charge is 2.57. The standard InChI is InChI=1S/C17H20F6N2/c1-2-4-12-11-13(15(16(18,19)20)17(21,22)23)5-6-14(12)25-9-3-7-24-8-10-25/h2,4-6,11,15,24H,3,7-10H2,1H3. The van der Waals surface area contributed by atoms with Gasteiger partial charge in [0.25, 0.3) is 0 Å². The first-order chi connectivity index (χ1) is 11.6. The zero-order valence-corrected chi connectivity index (χ0v) is 13.7. The third-order valence-corrected chi connectivity index (χ3v) is 4.07. The van der Waals surface area contributed by atoms with Crippen molar-refractivity contribution in [3.05, 3.63) is 35.4 Å². The molecule has 0 atom stereocenters. The van der Waals surface area contributed by atoms with Crippen LogP contribution in [0.25, 0.3) is 6.08 Å². The summed E-state index contributed by atoms with van der Waals surface area (Å²) in [4.78, 5) is 1.98. The van der Waals surface area contributed by atoms with Gasteiger partial charge in [-0.1, -0.05) is 18.2 Å². The summed E-state index contributed by atoms with van der Waals surface area (Å²) in [6.07, 6.45) is -6.78. The number of nitrogens with zero attached hydrogens (tertiary/aromatic N) is 1. The van der Waals surface area contributed by atoms with Crippen LogP contribution in [0.5, 0.6) is 0 Å². The highest BCUT2D eigenvalue weighted by molar-refractivity contribution is 5.69. The Labute approximate surface area is 142 Å². The van der Waals surface area contributed by atoms with Gasteiger partial charge in [0.2, 0.25) is 0 Å². The smallest absolute Gasteiger partial charge is 0.370 e. The van der Waals surface area contributed by atoms with Gasteiger partial charge in [-0.3, -0.25) is 0 Å².